The lowest BCUT2D eigenvalue weighted by atomic mass is 10.1. The first kappa shape index (κ1) is 14.3. The Hall–Kier alpha value is -1.11. The molecular weight excluding hydrogens is 264 g/mol. The largest absolute Gasteiger partial charge is 0.399 e. The highest BCUT2D eigenvalue weighted by Gasteiger charge is 2.29. The molecule has 0 saturated carbocycles. The van der Waals surface area contributed by atoms with Gasteiger partial charge in [-0.05, 0) is 44.0 Å². The van der Waals surface area contributed by atoms with E-state index in [0.717, 1.165) is 12.8 Å². The van der Waals surface area contributed by atoms with Crippen LogP contribution in [-0.2, 0) is 14.8 Å². The van der Waals surface area contributed by atoms with Crippen molar-refractivity contribution in [1.29, 1.82) is 0 Å². The number of sulfonamides is 1. The highest BCUT2D eigenvalue weighted by molar-refractivity contribution is 7.89. The third kappa shape index (κ3) is 3.26. The Labute approximate surface area is 114 Å². The average molecular weight is 284 g/mol. The number of nitrogens with two attached hydrogens (primary N) is 1. The number of nitrogens with zero attached hydrogens (tertiary/aromatic N) is 1. The van der Waals surface area contributed by atoms with Crippen LogP contribution in [0.5, 0.6) is 0 Å². The van der Waals surface area contributed by atoms with Gasteiger partial charge in [0.05, 0.1) is 11.0 Å². The fraction of sp³-hybridized carbons (Fsp3) is 0.538. The van der Waals surface area contributed by atoms with Crippen LogP contribution in [0.15, 0.2) is 29.2 Å². The smallest absolute Gasteiger partial charge is 0.243 e. The van der Waals surface area contributed by atoms with Gasteiger partial charge in [0, 0.05) is 25.4 Å². The highest BCUT2D eigenvalue weighted by Crippen LogP contribution is 2.22. The summed E-state index contributed by atoms with van der Waals surface area (Å²) in [4.78, 5) is 0.302. The lowest BCUT2D eigenvalue weighted by Crippen LogP contribution is -2.40. The third-order valence-corrected chi connectivity index (χ3v) is 5.23. The van der Waals surface area contributed by atoms with E-state index in [-0.39, 0.29) is 6.10 Å². The molecule has 1 aliphatic rings. The Morgan fingerprint density at radius 1 is 1.26 bits per heavy atom. The number of hydrogen-bond acceptors (Lipinski definition) is 4. The topological polar surface area (TPSA) is 72.6 Å². The molecule has 6 heteroatoms. The van der Waals surface area contributed by atoms with Gasteiger partial charge < -0.3 is 10.5 Å². The van der Waals surface area contributed by atoms with Crippen molar-refractivity contribution < 1.29 is 13.2 Å². The summed E-state index contributed by atoms with van der Waals surface area (Å²) >= 11 is 0. The summed E-state index contributed by atoms with van der Waals surface area (Å²) in [6.07, 6.45) is 1.69. The first-order valence-corrected chi connectivity index (χ1v) is 7.95. The van der Waals surface area contributed by atoms with E-state index < -0.39 is 10.0 Å². The lowest BCUT2D eigenvalue weighted by Gasteiger charge is -2.30. The van der Waals surface area contributed by atoms with Gasteiger partial charge in [-0.2, -0.15) is 4.31 Å². The maximum atomic E-state index is 12.4. The van der Waals surface area contributed by atoms with Gasteiger partial charge in [-0.25, -0.2) is 8.42 Å². The molecule has 0 bridgehead atoms. The van der Waals surface area contributed by atoms with Gasteiger partial charge in [0.1, 0.15) is 0 Å². The van der Waals surface area contributed by atoms with Crippen molar-refractivity contribution in [1.82, 2.24) is 4.31 Å². The number of anilines is 1. The predicted octanol–water partition coefficient (Wildman–Crippen LogP) is 1.46. The summed E-state index contributed by atoms with van der Waals surface area (Å²) in [6.45, 7) is 3.65. The Morgan fingerprint density at radius 2 is 1.84 bits per heavy atom. The van der Waals surface area contributed by atoms with Crippen molar-refractivity contribution in [2.45, 2.75) is 30.8 Å². The molecule has 0 unspecified atom stereocenters. The highest BCUT2D eigenvalue weighted by atomic mass is 32.2. The van der Waals surface area contributed by atoms with Gasteiger partial charge in [0.25, 0.3) is 0 Å². The molecule has 1 fully saturated rings. The molecule has 2 N–H and O–H groups in total. The van der Waals surface area contributed by atoms with Crippen molar-refractivity contribution >= 4 is 15.7 Å². The van der Waals surface area contributed by atoms with Gasteiger partial charge in [0.2, 0.25) is 10.0 Å². The third-order valence-electron chi connectivity index (χ3n) is 3.32. The molecule has 0 aliphatic carbocycles. The number of ether oxygens (including phenoxy) is 1. The molecule has 0 amide bonds. The molecule has 19 heavy (non-hydrogen) atoms. The molecular formula is C13H20N2O3S. The molecule has 1 aliphatic heterocycles. The summed E-state index contributed by atoms with van der Waals surface area (Å²) in [6, 6.07) is 6.33. The Balaban J connectivity index is 2.07. The van der Waals surface area contributed by atoms with Crippen LogP contribution in [0.4, 0.5) is 5.69 Å². The molecule has 1 aromatic carbocycles. The van der Waals surface area contributed by atoms with Crippen LogP contribution in [0.3, 0.4) is 0 Å². The van der Waals surface area contributed by atoms with Crippen molar-refractivity contribution in [2.24, 2.45) is 0 Å². The molecule has 0 radical (unpaired) electrons. The number of benzene rings is 1. The molecule has 1 aromatic rings. The number of hydrogen-bond donors (Lipinski definition) is 1. The maximum Gasteiger partial charge on any atom is 0.243 e. The zero-order valence-electron chi connectivity index (χ0n) is 11.1. The molecule has 0 spiro atoms. The van der Waals surface area contributed by atoms with Crippen LogP contribution in [0, 0.1) is 0 Å². The Kier molecular flexibility index (Phi) is 4.44. The van der Waals surface area contributed by atoms with Crippen molar-refractivity contribution in [2.75, 3.05) is 25.4 Å². The molecule has 0 atom stereocenters. The molecule has 0 aromatic heterocycles. The summed E-state index contributed by atoms with van der Waals surface area (Å²) < 4.78 is 31.9. The zero-order chi connectivity index (χ0) is 13.9. The number of piperidine rings is 1. The average Bonchev–Trinajstić information content (AvgIpc) is 2.40. The normalized spacial score (nSPS) is 18.6. The minimum absolute atomic E-state index is 0.183. The van der Waals surface area contributed by atoms with Gasteiger partial charge >= 0.3 is 0 Å². The summed E-state index contributed by atoms with van der Waals surface area (Å²) in [7, 11) is -3.39. The minimum Gasteiger partial charge on any atom is -0.399 e. The summed E-state index contributed by atoms with van der Waals surface area (Å²) in [5.41, 5.74) is 6.14. The maximum absolute atomic E-state index is 12.4. The van der Waals surface area contributed by atoms with Crippen LogP contribution in [0.1, 0.15) is 19.8 Å². The van der Waals surface area contributed by atoms with Gasteiger partial charge in [-0.1, -0.05) is 0 Å². The van der Waals surface area contributed by atoms with Gasteiger partial charge in [-0.15, -0.1) is 0 Å². The molecule has 106 valence electrons. The van der Waals surface area contributed by atoms with E-state index in [9.17, 15) is 8.42 Å². The standard InChI is InChI=1S/C13H20N2O3S/c1-2-18-12-7-9-15(10-8-12)19(16,17)13-5-3-11(14)4-6-13/h3-6,12H,2,7-10,14H2,1H3. The summed E-state index contributed by atoms with van der Waals surface area (Å²) in [5, 5.41) is 0. The second-order valence-electron chi connectivity index (χ2n) is 4.63. The monoisotopic (exact) mass is 284 g/mol. The SMILES string of the molecule is CCOC1CCN(S(=O)(=O)c2ccc(N)cc2)CC1. The molecule has 2 rings (SSSR count). The molecule has 1 heterocycles. The van der Waals surface area contributed by atoms with Crippen LogP contribution >= 0.6 is 0 Å². The molecule has 5 nitrogen and oxygen atoms in total. The van der Waals surface area contributed by atoms with E-state index in [1.165, 1.54) is 4.31 Å². The van der Waals surface area contributed by atoms with E-state index >= 15 is 0 Å². The van der Waals surface area contributed by atoms with E-state index in [1.807, 2.05) is 6.92 Å². The molecule has 1 saturated heterocycles. The first-order valence-electron chi connectivity index (χ1n) is 6.51. The predicted molar refractivity (Wildman–Crippen MR) is 74.3 cm³/mol. The van der Waals surface area contributed by atoms with Gasteiger partial charge in [-0.3, -0.25) is 0 Å². The second-order valence-corrected chi connectivity index (χ2v) is 6.57. The van der Waals surface area contributed by atoms with Crippen molar-refractivity contribution in [3.63, 3.8) is 0 Å². The fourth-order valence-electron chi connectivity index (χ4n) is 2.26. The Bertz CT molecular complexity index is 505. The van der Waals surface area contributed by atoms with E-state index in [1.54, 1.807) is 24.3 Å². The quantitative estimate of drug-likeness (QED) is 0.850. The Morgan fingerprint density at radius 3 is 2.37 bits per heavy atom. The van der Waals surface area contributed by atoms with Crippen LogP contribution in [0.2, 0.25) is 0 Å². The van der Waals surface area contributed by atoms with Crippen molar-refractivity contribution in [3.8, 4) is 0 Å². The van der Waals surface area contributed by atoms with E-state index in [2.05, 4.69) is 0 Å². The van der Waals surface area contributed by atoms with Crippen LogP contribution in [0.25, 0.3) is 0 Å². The van der Waals surface area contributed by atoms with Gasteiger partial charge in [0.15, 0.2) is 0 Å². The lowest BCUT2D eigenvalue weighted by molar-refractivity contribution is 0.0290. The first-order chi connectivity index (χ1) is 9.04. The number of nitrogen functional groups attached to an aromatic ring is 1. The van der Waals surface area contributed by atoms with Crippen molar-refractivity contribution in [3.05, 3.63) is 24.3 Å². The van der Waals surface area contributed by atoms with Crippen LogP contribution in [-0.4, -0.2) is 38.5 Å². The van der Waals surface area contributed by atoms with E-state index in [4.69, 9.17) is 10.5 Å². The second kappa shape index (κ2) is 5.90. The fourth-order valence-corrected chi connectivity index (χ4v) is 3.73. The zero-order valence-corrected chi connectivity index (χ0v) is 11.9. The van der Waals surface area contributed by atoms with E-state index in [0.29, 0.717) is 30.3 Å². The number of rotatable bonds is 4. The summed E-state index contributed by atoms with van der Waals surface area (Å²) in [5.74, 6) is 0. The minimum atomic E-state index is -3.39. The van der Waals surface area contributed by atoms with Crippen LogP contribution < -0.4 is 5.73 Å².